The van der Waals surface area contributed by atoms with Crippen LogP contribution in [0.4, 0.5) is 32.2 Å². The van der Waals surface area contributed by atoms with E-state index in [0.717, 1.165) is 22.9 Å². The Morgan fingerprint density at radius 1 is 1.12 bits per heavy atom. The predicted molar refractivity (Wildman–Crippen MR) is 144 cm³/mol. The van der Waals surface area contributed by atoms with Gasteiger partial charge in [-0.1, -0.05) is 18.2 Å². The van der Waals surface area contributed by atoms with Crippen LogP contribution in [0.25, 0.3) is 6.08 Å². The van der Waals surface area contributed by atoms with E-state index >= 15 is 0 Å². The third-order valence-electron chi connectivity index (χ3n) is 8.78. The molecule has 0 saturated carbocycles. The first-order valence-corrected chi connectivity index (χ1v) is 13.8. The smallest absolute Gasteiger partial charge is 0.330 e. The van der Waals surface area contributed by atoms with E-state index in [-0.39, 0.29) is 18.7 Å². The molecule has 43 heavy (non-hydrogen) atoms. The number of nitrogens with one attached hydrogen (secondary N) is 1. The molecule has 1 aliphatic carbocycles. The van der Waals surface area contributed by atoms with E-state index in [2.05, 4.69) is 15.3 Å². The number of aromatic nitrogens is 2. The number of alkyl halides is 3. The summed E-state index contributed by atoms with van der Waals surface area (Å²) in [6.07, 6.45) is 2.56. The highest BCUT2D eigenvalue weighted by Gasteiger charge is 2.51. The topological polar surface area (TPSA) is 75.2 Å². The Hall–Kier alpha value is -4.22. The average molecular weight is 601 g/mol. The quantitative estimate of drug-likeness (QED) is 0.294. The van der Waals surface area contributed by atoms with E-state index in [9.17, 15) is 35.9 Å². The largest absolute Gasteiger partial charge is 0.406 e. The van der Waals surface area contributed by atoms with Gasteiger partial charge >= 0.3 is 6.18 Å². The second-order valence-electron chi connectivity index (χ2n) is 11.5. The second-order valence-corrected chi connectivity index (χ2v) is 11.5. The molecule has 1 aromatic carbocycles. The number of piperidine rings is 1. The summed E-state index contributed by atoms with van der Waals surface area (Å²) in [6, 6.07) is 5.52. The maximum absolute atomic E-state index is 14.7. The minimum Gasteiger partial charge on any atom is -0.330 e. The zero-order valence-electron chi connectivity index (χ0n) is 22.9. The molecule has 2 aliphatic heterocycles. The fourth-order valence-corrected chi connectivity index (χ4v) is 6.70. The number of carbonyl (C=O) groups excluding carboxylic acids is 2. The fraction of sp³-hybridized carbons (Fsp3) is 0.355. The molecule has 4 heterocycles. The van der Waals surface area contributed by atoms with Crippen LogP contribution in [0.5, 0.6) is 0 Å². The van der Waals surface area contributed by atoms with Crippen LogP contribution in [0.3, 0.4) is 0 Å². The van der Waals surface area contributed by atoms with Gasteiger partial charge in [-0.2, -0.15) is 13.2 Å². The minimum absolute atomic E-state index is 0.0122. The van der Waals surface area contributed by atoms with Gasteiger partial charge in [-0.25, -0.2) is 18.2 Å². The third kappa shape index (κ3) is 5.16. The lowest BCUT2D eigenvalue weighted by Crippen LogP contribution is -2.53. The number of hydrogen-bond acceptors (Lipinski definition) is 4. The van der Waals surface area contributed by atoms with Crippen LogP contribution in [0, 0.1) is 23.4 Å². The fourth-order valence-electron chi connectivity index (χ4n) is 6.70. The summed E-state index contributed by atoms with van der Waals surface area (Å²) in [7, 11) is 0. The van der Waals surface area contributed by atoms with E-state index in [1.54, 1.807) is 30.6 Å². The highest BCUT2D eigenvalue weighted by molar-refractivity contribution is 6.06. The van der Waals surface area contributed by atoms with E-state index in [0.29, 0.717) is 35.2 Å². The van der Waals surface area contributed by atoms with Crippen molar-refractivity contribution < 1.29 is 35.9 Å². The van der Waals surface area contributed by atoms with Gasteiger partial charge in [0.15, 0.2) is 11.6 Å². The van der Waals surface area contributed by atoms with Gasteiger partial charge in [0, 0.05) is 54.0 Å². The van der Waals surface area contributed by atoms with Gasteiger partial charge in [0.1, 0.15) is 18.2 Å². The molecule has 1 fully saturated rings. The van der Waals surface area contributed by atoms with Crippen LogP contribution in [0.1, 0.15) is 53.6 Å². The van der Waals surface area contributed by atoms with Crippen molar-refractivity contribution >= 4 is 23.7 Å². The molecular formula is C31H26F6N4O2. The molecule has 6 rings (SSSR count). The van der Waals surface area contributed by atoms with Crippen LogP contribution >= 0.6 is 0 Å². The molecule has 1 N–H and O–H groups in total. The molecule has 4 atom stereocenters. The number of fused-ring (bicyclic) bond motifs is 3. The van der Waals surface area contributed by atoms with Crippen LogP contribution in [0.2, 0.25) is 0 Å². The SMILES string of the molecule is CC1C(c2cc(F)cc(F)c2F)CC(CC=Cc2cnc3c(c2)C[C@@]2(C3)C(=O)Nc3ncccc32)C(=O)N1CC(F)(F)F. The molecular weight excluding hydrogens is 574 g/mol. The van der Waals surface area contributed by atoms with Gasteiger partial charge in [-0.15, -0.1) is 0 Å². The second kappa shape index (κ2) is 10.5. The number of likely N-dealkylation sites (tertiary alicyclic amines) is 1. The van der Waals surface area contributed by atoms with E-state index in [1.807, 2.05) is 12.1 Å². The Kier molecular flexibility index (Phi) is 7.05. The summed E-state index contributed by atoms with van der Waals surface area (Å²) in [6.45, 7) is -0.240. The molecule has 0 radical (unpaired) electrons. The van der Waals surface area contributed by atoms with Crippen LogP contribution < -0.4 is 5.32 Å². The molecule has 2 aromatic heterocycles. The number of carbonyl (C=O) groups is 2. The normalized spacial score (nSPS) is 25.0. The lowest BCUT2D eigenvalue weighted by atomic mass is 9.77. The summed E-state index contributed by atoms with van der Waals surface area (Å²) in [5, 5.41) is 2.84. The van der Waals surface area contributed by atoms with Crippen LogP contribution in [0.15, 0.2) is 48.8 Å². The van der Waals surface area contributed by atoms with E-state index in [1.165, 1.54) is 6.92 Å². The summed E-state index contributed by atoms with van der Waals surface area (Å²) in [5.41, 5.74) is 1.93. The molecule has 2 amide bonds. The molecule has 1 saturated heterocycles. The van der Waals surface area contributed by atoms with Gasteiger partial charge < -0.3 is 10.2 Å². The van der Waals surface area contributed by atoms with Crippen molar-refractivity contribution in [2.24, 2.45) is 5.92 Å². The number of halogens is 6. The Morgan fingerprint density at radius 3 is 2.67 bits per heavy atom. The average Bonchev–Trinajstić information content (AvgIpc) is 3.46. The summed E-state index contributed by atoms with van der Waals surface area (Å²) >= 11 is 0. The number of amides is 2. The highest BCUT2D eigenvalue weighted by atomic mass is 19.4. The number of hydrogen-bond donors (Lipinski definition) is 1. The van der Waals surface area contributed by atoms with Crippen molar-refractivity contribution in [3.05, 3.63) is 94.2 Å². The zero-order chi connectivity index (χ0) is 30.7. The first-order valence-electron chi connectivity index (χ1n) is 13.8. The van der Waals surface area contributed by atoms with Gasteiger partial charge in [-0.05, 0) is 61.1 Å². The Morgan fingerprint density at radius 2 is 1.91 bits per heavy atom. The summed E-state index contributed by atoms with van der Waals surface area (Å²) in [5.74, 6) is -6.27. The Balaban J connectivity index is 1.23. The predicted octanol–water partition coefficient (Wildman–Crippen LogP) is 5.87. The maximum Gasteiger partial charge on any atom is 0.406 e. The van der Waals surface area contributed by atoms with Crippen molar-refractivity contribution in [2.75, 3.05) is 11.9 Å². The Bertz CT molecular complexity index is 1660. The van der Waals surface area contributed by atoms with Crippen molar-refractivity contribution in [1.82, 2.24) is 14.9 Å². The highest BCUT2D eigenvalue weighted by Crippen LogP contribution is 2.46. The molecule has 6 nitrogen and oxygen atoms in total. The van der Waals surface area contributed by atoms with Gasteiger partial charge in [0.25, 0.3) is 0 Å². The molecule has 3 aliphatic rings. The maximum atomic E-state index is 14.7. The lowest BCUT2D eigenvalue weighted by Gasteiger charge is -2.43. The molecule has 3 aromatic rings. The van der Waals surface area contributed by atoms with Crippen molar-refractivity contribution in [2.45, 2.75) is 56.2 Å². The van der Waals surface area contributed by atoms with Crippen molar-refractivity contribution in [3.8, 4) is 0 Å². The number of anilines is 1. The number of allylic oxidation sites excluding steroid dienone is 1. The standard InChI is InChI=1S/C31H26F6N4O2/c1-16-21(22-10-20(32)11-24(33)26(22)34)9-18(28(42)41(16)15-31(35,36)37)5-2-4-17-8-19-12-30(13-25(19)39-14-17)23-6-3-7-38-27(23)40-29(30)43/h2-4,6-8,10-11,14,16,18,21H,5,9,12-13,15H2,1H3,(H,38,40,43)/t16?,18?,21?,30-/m0/s1. The van der Waals surface area contributed by atoms with Gasteiger partial charge in [0.05, 0.1) is 5.41 Å². The molecule has 1 spiro atoms. The lowest BCUT2D eigenvalue weighted by molar-refractivity contribution is -0.172. The van der Waals surface area contributed by atoms with E-state index < -0.39 is 64.9 Å². The Labute approximate surface area is 242 Å². The van der Waals surface area contributed by atoms with Crippen molar-refractivity contribution in [1.29, 1.82) is 0 Å². The molecule has 0 bridgehead atoms. The minimum atomic E-state index is -4.72. The van der Waals surface area contributed by atoms with Crippen LogP contribution in [-0.4, -0.2) is 45.4 Å². The summed E-state index contributed by atoms with van der Waals surface area (Å²) in [4.78, 5) is 35.5. The first-order chi connectivity index (χ1) is 20.4. The van der Waals surface area contributed by atoms with E-state index in [4.69, 9.17) is 0 Å². The first kappa shape index (κ1) is 28.9. The summed E-state index contributed by atoms with van der Waals surface area (Å²) < 4.78 is 83.0. The van der Waals surface area contributed by atoms with Gasteiger partial charge in [0.2, 0.25) is 11.8 Å². The molecule has 12 heteroatoms. The monoisotopic (exact) mass is 600 g/mol. The van der Waals surface area contributed by atoms with Gasteiger partial charge in [-0.3, -0.25) is 14.6 Å². The molecule has 224 valence electrons. The molecule has 3 unspecified atom stereocenters. The van der Waals surface area contributed by atoms with Crippen LogP contribution in [-0.2, 0) is 27.8 Å². The van der Waals surface area contributed by atoms with Crippen molar-refractivity contribution in [3.63, 3.8) is 0 Å². The number of pyridine rings is 2. The number of rotatable bonds is 5. The number of benzene rings is 1. The number of nitrogens with zero attached hydrogens (tertiary/aromatic N) is 3. The third-order valence-corrected chi connectivity index (χ3v) is 8.78. The zero-order valence-corrected chi connectivity index (χ0v) is 22.9.